The van der Waals surface area contributed by atoms with E-state index in [0.29, 0.717) is 11.3 Å². The van der Waals surface area contributed by atoms with Crippen LogP contribution in [0.15, 0.2) is 34.5 Å². The first-order valence-electron chi connectivity index (χ1n) is 6.43. The molecule has 1 aliphatic heterocycles. The van der Waals surface area contributed by atoms with Crippen LogP contribution in [0.25, 0.3) is 0 Å². The summed E-state index contributed by atoms with van der Waals surface area (Å²) in [4.78, 5) is 14.9. The lowest BCUT2D eigenvalue weighted by molar-refractivity contribution is -0.110. The van der Waals surface area contributed by atoms with Crippen LogP contribution in [-0.2, 0) is 4.79 Å². The molecule has 106 valence electrons. The number of hydrogen-bond donors (Lipinski definition) is 2. The Labute approximate surface area is 120 Å². The van der Waals surface area contributed by atoms with Crippen LogP contribution in [0.4, 0.5) is 10.1 Å². The Balaban J connectivity index is 1.92. The summed E-state index contributed by atoms with van der Waals surface area (Å²) in [5, 5.41) is 10.5. The minimum Gasteiger partial charge on any atom is -0.358 e. The highest BCUT2D eigenvalue weighted by molar-refractivity contribution is 6.53. The molecule has 0 spiro atoms. The van der Waals surface area contributed by atoms with Crippen molar-refractivity contribution in [1.82, 2.24) is 4.98 Å². The third kappa shape index (κ3) is 2.47. The fourth-order valence-electron chi connectivity index (χ4n) is 2.25. The first kappa shape index (κ1) is 13.2. The zero-order valence-electron chi connectivity index (χ0n) is 11.6. The van der Waals surface area contributed by atoms with Gasteiger partial charge in [-0.05, 0) is 43.7 Å². The highest BCUT2D eigenvalue weighted by Gasteiger charge is 2.26. The predicted molar refractivity (Wildman–Crippen MR) is 79.4 cm³/mol. The van der Waals surface area contributed by atoms with Crippen molar-refractivity contribution in [1.29, 1.82) is 0 Å². The number of aryl methyl sites for hydroxylation is 2. The van der Waals surface area contributed by atoms with E-state index >= 15 is 0 Å². The van der Waals surface area contributed by atoms with Gasteiger partial charge in [0.05, 0.1) is 17.6 Å². The topological polar surface area (TPSA) is 69.6 Å². The monoisotopic (exact) mass is 284 g/mol. The van der Waals surface area contributed by atoms with Gasteiger partial charge in [-0.1, -0.05) is 0 Å². The Morgan fingerprint density at radius 1 is 1.24 bits per heavy atom. The van der Waals surface area contributed by atoms with Crippen LogP contribution in [0.5, 0.6) is 0 Å². The largest absolute Gasteiger partial charge is 0.358 e. The quantitative estimate of drug-likeness (QED) is 0.645. The van der Waals surface area contributed by atoms with Gasteiger partial charge in [0.2, 0.25) is 0 Å². The molecule has 3 rings (SSSR count). The molecule has 1 amide bonds. The number of carbonyl (C=O) groups is 1. The van der Waals surface area contributed by atoms with Crippen molar-refractivity contribution in [2.45, 2.75) is 13.8 Å². The summed E-state index contributed by atoms with van der Waals surface area (Å²) in [7, 11) is 0. The lowest BCUT2D eigenvalue weighted by Crippen LogP contribution is -2.13. The highest BCUT2D eigenvalue weighted by atomic mass is 19.1. The van der Waals surface area contributed by atoms with Crippen LogP contribution in [-0.4, -0.2) is 22.8 Å². The zero-order chi connectivity index (χ0) is 15.0. The maximum atomic E-state index is 13.3. The van der Waals surface area contributed by atoms with Crippen molar-refractivity contribution in [3.8, 4) is 0 Å². The molecular formula is C15H13FN4O. The van der Waals surface area contributed by atoms with E-state index in [1.807, 2.05) is 19.9 Å². The van der Waals surface area contributed by atoms with Crippen molar-refractivity contribution in [3.05, 3.63) is 52.6 Å². The van der Waals surface area contributed by atoms with Gasteiger partial charge in [0, 0.05) is 11.3 Å². The molecule has 0 atom stereocenters. The number of H-pyrrole nitrogens is 1. The zero-order valence-corrected chi connectivity index (χ0v) is 11.6. The minimum atomic E-state index is -0.419. The van der Waals surface area contributed by atoms with Crippen LogP contribution in [0.2, 0.25) is 0 Å². The molecule has 2 N–H and O–H groups in total. The lowest BCUT2D eigenvalue weighted by Gasteiger charge is -1.95. The Morgan fingerprint density at radius 3 is 2.76 bits per heavy atom. The van der Waals surface area contributed by atoms with Gasteiger partial charge in [0.1, 0.15) is 5.82 Å². The maximum Gasteiger partial charge on any atom is 0.276 e. The number of carbonyl (C=O) groups excluding carboxylic acids is 1. The average Bonchev–Trinajstić information content (AvgIpc) is 2.90. The minimum absolute atomic E-state index is 0.113. The second-order valence-corrected chi connectivity index (χ2v) is 4.89. The number of nitrogens with zero attached hydrogens (tertiary/aromatic N) is 2. The number of halogens is 1. The molecule has 2 aromatic rings. The summed E-state index contributed by atoms with van der Waals surface area (Å²) >= 11 is 0. The number of aromatic amines is 1. The van der Waals surface area contributed by atoms with Crippen LogP contribution < -0.4 is 5.32 Å². The number of fused-ring (bicyclic) bond motifs is 1. The summed E-state index contributed by atoms with van der Waals surface area (Å²) in [6, 6.07) is 6.05. The van der Waals surface area contributed by atoms with Gasteiger partial charge in [0.15, 0.2) is 5.71 Å². The van der Waals surface area contributed by atoms with Crippen molar-refractivity contribution in [2.75, 3.05) is 5.32 Å². The molecule has 21 heavy (non-hydrogen) atoms. The Bertz CT molecular complexity index is 789. The number of nitrogens with one attached hydrogen (secondary N) is 2. The van der Waals surface area contributed by atoms with Gasteiger partial charge in [-0.2, -0.15) is 5.10 Å². The number of anilines is 1. The molecule has 5 nitrogen and oxygen atoms in total. The molecule has 0 radical (unpaired) electrons. The fraction of sp³-hybridized carbons (Fsp3) is 0.133. The predicted octanol–water partition coefficient (Wildman–Crippen LogP) is 2.55. The fourth-order valence-corrected chi connectivity index (χ4v) is 2.25. The molecule has 0 saturated heterocycles. The Kier molecular flexibility index (Phi) is 3.13. The molecule has 0 bridgehead atoms. The summed E-state index contributed by atoms with van der Waals surface area (Å²) in [6.07, 6.45) is 1.54. The first-order chi connectivity index (χ1) is 10.0. The SMILES string of the molecule is Cc1cc(C)c(C=NN=C2C(=O)Nc3ccc(F)cc32)[nH]1. The van der Waals surface area contributed by atoms with Crippen LogP contribution in [0.3, 0.4) is 0 Å². The molecular weight excluding hydrogens is 271 g/mol. The smallest absolute Gasteiger partial charge is 0.276 e. The molecule has 1 aliphatic rings. The number of amides is 1. The summed E-state index contributed by atoms with van der Waals surface area (Å²) in [5.74, 6) is -0.801. The Hall–Kier alpha value is -2.76. The van der Waals surface area contributed by atoms with Gasteiger partial charge >= 0.3 is 0 Å². The van der Waals surface area contributed by atoms with Gasteiger partial charge in [0.25, 0.3) is 5.91 Å². The lowest BCUT2D eigenvalue weighted by atomic mass is 10.1. The molecule has 2 heterocycles. The van der Waals surface area contributed by atoms with Gasteiger partial charge in [-0.3, -0.25) is 4.79 Å². The molecule has 0 fully saturated rings. The summed E-state index contributed by atoms with van der Waals surface area (Å²) < 4.78 is 13.3. The van der Waals surface area contributed by atoms with Gasteiger partial charge in [-0.15, -0.1) is 5.10 Å². The van der Waals surface area contributed by atoms with Gasteiger partial charge < -0.3 is 10.3 Å². The van der Waals surface area contributed by atoms with Gasteiger partial charge in [-0.25, -0.2) is 4.39 Å². The third-order valence-corrected chi connectivity index (χ3v) is 3.23. The maximum absolute atomic E-state index is 13.3. The molecule has 1 aromatic heterocycles. The molecule has 0 saturated carbocycles. The van der Waals surface area contributed by atoms with Crippen LogP contribution >= 0.6 is 0 Å². The molecule has 0 unspecified atom stereocenters. The summed E-state index contributed by atoms with van der Waals surface area (Å²) in [6.45, 7) is 3.89. The van der Waals surface area contributed by atoms with Crippen LogP contribution in [0, 0.1) is 19.7 Å². The van der Waals surface area contributed by atoms with Crippen molar-refractivity contribution in [3.63, 3.8) is 0 Å². The van der Waals surface area contributed by atoms with E-state index in [1.54, 1.807) is 6.21 Å². The highest BCUT2D eigenvalue weighted by Crippen LogP contribution is 2.24. The van der Waals surface area contributed by atoms with E-state index in [0.717, 1.165) is 17.0 Å². The first-order valence-corrected chi connectivity index (χ1v) is 6.43. The van der Waals surface area contributed by atoms with Crippen molar-refractivity contribution >= 4 is 23.5 Å². The average molecular weight is 284 g/mol. The normalized spacial score (nSPS) is 15.8. The van der Waals surface area contributed by atoms with Crippen molar-refractivity contribution in [2.24, 2.45) is 10.2 Å². The van der Waals surface area contributed by atoms with Crippen molar-refractivity contribution < 1.29 is 9.18 Å². The number of benzene rings is 1. The number of hydrogen-bond acceptors (Lipinski definition) is 3. The molecule has 6 heteroatoms. The third-order valence-electron chi connectivity index (χ3n) is 3.23. The number of rotatable bonds is 2. The second kappa shape index (κ2) is 4.97. The van der Waals surface area contributed by atoms with E-state index in [2.05, 4.69) is 20.5 Å². The molecule has 0 aliphatic carbocycles. The van der Waals surface area contributed by atoms with E-state index in [-0.39, 0.29) is 11.6 Å². The van der Waals surface area contributed by atoms with E-state index in [9.17, 15) is 9.18 Å². The molecule has 1 aromatic carbocycles. The Morgan fingerprint density at radius 2 is 2.05 bits per heavy atom. The summed E-state index contributed by atoms with van der Waals surface area (Å²) in [5.41, 5.74) is 3.97. The van der Waals surface area contributed by atoms with Crippen LogP contribution in [0.1, 0.15) is 22.5 Å². The standard InChI is InChI=1S/C15H13FN4O/c1-8-5-9(2)18-13(8)7-17-20-14-11-6-10(16)3-4-12(11)19-15(14)21/h3-7,18H,1-2H3,(H,19,20,21). The van der Waals surface area contributed by atoms with E-state index < -0.39 is 5.82 Å². The second-order valence-electron chi connectivity index (χ2n) is 4.89. The van der Waals surface area contributed by atoms with E-state index in [1.165, 1.54) is 18.2 Å². The number of aromatic nitrogens is 1. The van der Waals surface area contributed by atoms with E-state index in [4.69, 9.17) is 0 Å².